The van der Waals surface area contributed by atoms with Gasteiger partial charge in [-0.2, -0.15) is 0 Å². The lowest BCUT2D eigenvalue weighted by Crippen LogP contribution is -2.37. The summed E-state index contributed by atoms with van der Waals surface area (Å²) < 4.78 is 2.36. The summed E-state index contributed by atoms with van der Waals surface area (Å²) >= 11 is 0. The Morgan fingerprint density at radius 2 is 2.07 bits per heavy atom. The molecule has 4 aromatic rings. The van der Waals surface area contributed by atoms with E-state index in [0.29, 0.717) is 6.04 Å². The molecule has 6 heteroatoms. The molecule has 1 N–H and O–H groups in total. The first kappa shape index (κ1) is 17.1. The fraction of sp³-hybridized carbons (Fsp3) is 0.318. The zero-order valence-corrected chi connectivity index (χ0v) is 16.2. The summed E-state index contributed by atoms with van der Waals surface area (Å²) in [5.41, 5.74) is 5.73. The summed E-state index contributed by atoms with van der Waals surface area (Å²) in [4.78, 5) is 19.9. The Morgan fingerprint density at radius 3 is 2.89 bits per heavy atom. The smallest absolute Gasteiger partial charge is 0.133 e. The average molecular weight is 372 g/mol. The van der Waals surface area contributed by atoms with Crippen LogP contribution in [0.2, 0.25) is 0 Å². The van der Waals surface area contributed by atoms with E-state index in [4.69, 9.17) is 9.97 Å². The molecular formula is C22H24N6. The fourth-order valence-electron chi connectivity index (χ4n) is 4.31. The fourth-order valence-corrected chi connectivity index (χ4v) is 4.31. The summed E-state index contributed by atoms with van der Waals surface area (Å²) in [6.07, 6.45) is 6.55. The number of H-pyrrole nitrogens is 1. The Morgan fingerprint density at radius 1 is 1.18 bits per heavy atom. The number of para-hydroxylation sites is 2. The summed E-state index contributed by atoms with van der Waals surface area (Å²) in [6.45, 7) is 6.22. The van der Waals surface area contributed by atoms with Crippen molar-refractivity contribution in [2.45, 2.75) is 38.9 Å². The van der Waals surface area contributed by atoms with Gasteiger partial charge >= 0.3 is 0 Å². The average Bonchev–Trinajstić information content (AvgIpc) is 3.33. The Bertz CT molecular complexity index is 1090. The summed E-state index contributed by atoms with van der Waals surface area (Å²) in [5, 5.41) is 0. The second-order valence-corrected chi connectivity index (χ2v) is 7.67. The van der Waals surface area contributed by atoms with E-state index in [1.165, 1.54) is 16.8 Å². The topological polar surface area (TPSA) is 62.6 Å². The van der Waals surface area contributed by atoms with Gasteiger partial charge in [0.2, 0.25) is 0 Å². The molecular weight excluding hydrogens is 348 g/mol. The number of nitrogens with one attached hydrogen (secondary N) is 1. The molecule has 0 spiro atoms. The molecule has 0 aliphatic carbocycles. The number of rotatable bonds is 4. The van der Waals surface area contributed by atoms with Crippen molar-refractivity contribution in [3.05, 3.63) is 77.9 Å². The third kappa shape index (κ3) is 2.81. The van der Waals surface area contributed by atoms with Crippen LogP contribution >= 0.6 is 0 Å². The van der Waals surface area contributed by atoms with Crippen LogP contribution in [0.3, 0.4) is 0 Å². The lowest BCUT2D eigenvalue weighted by Gasteiger charge is -2.35. The highest BCUT2D eigenvalue weighted by Crippen LogP contribution is 2.36. The number of pyridine rings is 1. The van der Waals surface area contributed by atoms with E-state index < -0.39 is 0 Å². The first-order chi connectivity index (χ1) is 13.7. The summed E-state index contributed by atoms with van der Waals surface area (Å²) in [7, 11) is 0. The maximum atomic E-state index is 5.08. The van der Waals surface area contributed by atoms with E-state index in [1.807, 2.05) is 24.8 Å². The predicted octanol–water partition coefficient (Wildman–Crippen LogP) is 3.88. The van der Waals surface area contributed by atoms with Crippen molar-refractivity contribution in [1.82, 2.24) is 29.4 Å². The number of hydrogen-bond donors (Lipinski definition) is 1. The minimum atomic E-state index is 0.0185. The van der Waals surface area contributed by atoms with E-state index in [0.717, 1.165) is 36.5 Å². The van der Waals surface area contributed by atoms with Gasteiger partial charge in [-0.3, -0.25) is 9.88 Å². The van der Waals surface area contributed by atoms with Crippen LogP contribution < -0.4 is 0 Å². The van der Waals surface area contributed by atoms with Gasteiger partial charge in [-0.15, -0.1) is 0 Å². The van der Waals surface area contributed by atoms with Crippen LogP contribution in [0.4, 0.5) is 0 Å². The van der Waals surface area contributed by atoms with Gasteiger partial charge in [0.15, 0.2) is 0 Å². The highest BCUT2D eigenvalue weighted by Gasteiger charge is 2.35. The maximum Gasteiger partial charge on any atom is 0.133 e. The van der Waals surface area contributed by atoms with Crippen LogP contribution in [0.25, 0.3) is 11.0 Å². The van der Waals surface area contributed by atoms with E-state index in [1.54, 1.807) is 0 Å². The van der Waals surface area contributed by atoms with Gasteiger partial charge in [-0.25, -0.2) is 9.97 Å². The first-order valence-electron chi connectivity index (χ1n) is 9.84. The largest absolute Gasteiger partial charge is 0.348 e. The molecule has 1 atom stereocenters. The van der Waals surface area contributed by atoms with Crippen LogP contribution in [0.5, 0.6) is 0 Å². The SMILES string of the molecule is CC(C)n1c([C@H]2c3nc[nH]c3CCN2Cc2cccnc2)nc2ccccc21. The first-order valence-corrected chi connectivity index (χ1v) is 9.84. The number of fused-ring (bicyclic) bond motifs is 2. The monoisotopic (exact) mass is 372 g/mol. The number of benzene rings is 1. The molecule has 0 radical (unpaired) electrons. The van der Waals surface area contributed by atoms with Crippen LogP contribution in [0.15, 0.2) is 55.1 Å². The molecule has 0 amide bonds. The van der Waals surface area contributed by atoms with Gasteiger partial charge in [-0.05, 0) is 37.6 Å². The van der Waals surface area contributed by atoms with Crippen LogP contribution in [0.1, 0.15) is 48.7 Å². The lowest BCUT2D eigenvalue weighted by molar-refractivity contribution is 0.188. The second-order valence-electron chi connectivity index (χ2n) is 7.67. The third-order valence-corrected chi connectivity index (χ3v) is 5.52. The number of aromatic amines is 1. The minimum Gasteiger partial charge on any atom is -0.348 e. The zero-order chi connectivity index (χ0) is 19.1. The van der Waals surface area contributed by atoms with Crippen molar-refractivity contribution in [2.75, 3.05) is 6.54 Å². The number of aromatic nitrogens is 5. The Kier molecular flexibility index (Phi) is 4.20. The summed E-state index contributed by atoms with van der Waals surface area (Å²) in [6, 6.07) is 12.9. The Labute approximate surface area is 164 Å². The number of nitrogens with zero attached hydrogens (tertiary/aromatic N) is 5. The molecule has 0 saturated carbocycles. The van der Waals surface area contributed by atoms with Crippen molar-refractivity contribution in [2.24, 2.45) is 0 Å². The normalized spacial score (nSPS) is 17.3. The van der Waals surface area contributed by atoms with Crippen molar-refractivity contribution in [3.63, 3.8) is 0 Å². The van der Waals surface area contributed by atoms with Crippen molar-refractivity contribution in [3.8, 4) is 0 Å². The molecule has 142 valence electrons. The molecule has 28 heavy (non-hydrogen) atoms. The van der Waals surface area contributed by atoms with Gasteiger partial charge < -0.3 is 9.55 Å². The maximum absolute atomic E-state index is 5.08. The zero-order valence-electron chi connectivity index (χ0n) is 16.2. The van der Waals surface area contributed by atoms with E-state index >= 15 is 0 Å². The van der Waals surface area contributed by atoms with Crippen molar-refractivity contribution >= 4 is 11.0 Å². The molecule has 0 saturated heterocycles. The molecule has 3 aromatic heterocycles. The second kappa shape index (κ2) is 6.87. The molecule has 1 aliphatic heterocycles. The third-order valence-electron chi connectivity index (χ3n) is 5.52. The van der Waals surface area contributed by atoms with E-state index in [2.05, 4.69) is 63.6 Å². The molecule has 1 aromatic carbocycles. The van der Waals surface area contributed by atoms with Gasteiger partial charge in [0, 0.05) is 43.6 Å². The van der Waals surface area contributed by atoms with Crippen LogP contribution in [-0.4, -0.2) is 35.9 Å². The predicted molar refractivity (Wildman–Crippen MR) is 109 cm³/mol. The quantitative estimate of drug-likeness (QED) is 0.590. The van der Waals surface area contributed by atoms with Gasteiger partial charge in [0.25, 0.3) is 0 Å². The van der Waals surface area contributed by atoms with Crippen molar-refractivity contribution in [1.29, 1.82) is 0 Å². The molecule has 6 nitrogen and oxygen atoms in total. The Balaban J connectivity index is 1.66. The van der Waals surface area contributed by atoms with Crippen molar-refractivity contribution < 1.29 is 0 Å². The molecule has 0 fully saturated rings. The van der Waals surface area contributed by atoms with Gasteiger partial charge in [0.05, 0.1) is 23.1 Å². The molecule has 0 bridgehead atoms. The lowest BCUT2D eigenvalue weighted by atomic mass is 10.0. The van der Waals surface area contributed by atoms with Gasteiger partial charge in [-0.1, -0.05) is 18.2 Å². The Hall–Kier alpha value is -2.99. The highest BCUT2D eigenvalue weighted by molar-refractivity contribution is 5.76. The molecule has 0 unspecified atom stereocenters. The molecule has 5 rings (SSSR count). The van der Waals surface area contributed by atoms with Gasteiger partial charge in [0.1, 0.15) is 11.9 Å². The minimum absolute atomic E-state index is 0.0185. The molecule has 4 heterocycles. The standard InChI is InChI=1S/C22H24N6/c1-15(2)28-19-8-4-3-7-17(19)26-22(28)21-20-18(24-14-25-20)9-11-27(21)13-16-6-5-10-23-12-16/h3-8,10,12,14-15,21H,9,11,13H2,1-2H3,(H,24,25)/t21-/m1/s1. The van der Waals surface area contributed by atoms with E-state index in [9.17, 15) is 0 Å². The van der Waals surface area contributed by atoms with Crippen LogP contribution in [0, 0.1) is 0 Å². The molecule has 1 aliphatic rings. The van der Waals surface area contributed by atoms with E-state index in [-0.39, 0.29) is 6.04 Å². The van der Waals surface area contributed by atoms with Crippen LogP contribution in [-0.2, 0) is 13.0 Å². The summed E-state index contributed by atoms with van der Waals surface area (Å²) in [5.74, 6) is 1.06. The number of imidazole rings is 2. The number of hydrogen-bond acceptors (Lipinski definition) is 4. The highest BCUT2D eigenvalue weighted by atomic mass is 15.2.